The van der Waals surface area contributed by atoms with Gasteiger partial charge in [-0.15, -0.1) is 10.2 Å². The van der Waals surface area contributed by atoms with Crippen LogP contribution in [0.4, 0.5) is 0 Å². The average Bonchev–Trinajstić information content (AvgIpc) is 3.38. The number of aromatic nitrogens is 4. The van der Waals surface area contributed by atoms with E-state index in [9.17, 15) is 14.4 Å². The fraction of sp³-hybridized carbons (Fsp3) is 0.440. The third-order valence-corrected chi connectivity index (χ3v) is 6.00. The summed E-state index contributed by atoms with van der Waals surface area (Å²) < 4.78 is 10.7. The van der Waals surface area contributed by atoms with Crippen molar-refractivity contribution in [3.05, 3.63) is 42.0 Å². The summed E-state index contributed by atoms with van der Waals surface area (Å²) in [6, 6.07) is 6.41. The molecule has 11 nitrogen and oxygen atoms in total. The van der Waals surface area contributed by atoms with Crippen LogP contribution >= 0.6 is 0 Å². The molecular weight excluding hydrogens is 464 g/mol. The Hall–Kier alpha value is -4.02. The third kappa shape index (κ3) is 5.78. The largest absolute Gasteiger partial charge is 0.464 e. The molecule has 1 aromatic carbocycles. The lowest BCUT2D eigenvalue weighted by atomic mass is 10.0. The minimum atomic E-state index is -0.807. The molecular formula is C25H30N6O5. The molecule has 0 bridgehead atoms. The van der Waals surface area contributed by atoms with Crippen LogP contribution < -0.4 is 10.6 Å². The van der Waals surface area contributed by atoms with Crippen molar-refractivity contribution in [3.63, 3.8) is 0 Å². The lowest BCUT2D eigenvalue weighted by molar-refractivity contribution is -0.146. The first-order valence-electron chi connectivity index (χ1n) is 12.0. The van der Waals surface area contributed by atoms with Crippen molar-refractivity contribution in [1.82, 2.24) is 30.8 Å². The lowest BCUT2D eigenvalue weighted by Crippen LogP contribution is -2.45. The second-order valence-electron chi connectivity index (χ2n) is 9.18. The Morgan fingerprint density at radius 1 is 1.11 bits per heavy atom. The van der Waals surface area contributed by atoms with Gasteiger partial charge in [-0.05, 0) is 50.7 Å². The summed E-state index contributed by atoms with van der Waals surface area (Å²) in [5.41, 5.74) is 1.27. The molecule has 1 aliphatic rings. The number of hydrogen-bond acceptors (Lipinski definition) is 8. The van der Waals surface area contributed by atoms with Gasteiger partial charge in [0, 0.05) is 17.2 Å². The van der Waals surface area contributed by atoms with Crippen LogP contribution in [-0.4, -0.2) is 56.6 Å². The van der Waals surface area contributed by atoms with E-state index in [-0.39, 0.29) is 41.9 Å². The molecule has 0 aliphatic heterocycles. The number of hydrogen-bond donors (Lipinski definition) is 3. The van der Waals surface area contributed by atoms with Crippen molar-refractivity contribution in [2.45, 2.75) is 52.6 Å². The molecule has 1 aliphatic carbocycles. The molecule has 2 unspecified atom stereocenters. The van der Waals surface area contributed by atoms with Gasteiger partial charge in [0.05, 0.1) is 12.8 Å². The second kappa shape index (κ2) is 10.7. The number of amides is 2. The molecule has 0 radical (unpaired) electrons. The summed E-state index contributed by atoms with van der Waals surface area (Å²) in [5, 5.41) is 13.6. The molecule has 3 aromatic rings. The normalized spacial score (nSPS) is 14.8. The highest BCUT2D eigenvalue weighted by Crippen LogP contribution is 2.32. The van der Waals surface area contributed by atoms with Crippen LogP contribution in [0.1, 0.15) is 61.7 Å². The predicted molar refractivity (Wildman–Crippen MR) is 130 cm³/mol. The molecule has 11 heteroatoms. The van der Waals surface area contributed by atoms with Crippen LogP contribution in [0.2, 0.25) is 0 Å². The first kappa shape index (κ1) is 25.1. The first-order valence-corrected chi connectivity index (χ1v) is 12.0. The standard InChI is InChI=1S/C25H30N6O5/c1-5-35-25(34)19(13(2)3)28-23(33)21-29-20(30-31-21)16-7-6-8-17(11-16)24-26-12-18(36-24)22(32)27-14(4)15-9-10-15/h6-8,11-15,19H,5,9-10H2,1-4H3,(H,27,32)(H,28,33)(H,29,30,31). The van der Waals surface area contributed by atoms with Gasteiger partial charge in [-0.1, -0.05) is 26.0 Å². The van der Waals surface area contributed by atoms with E-state index in [4.69, 9.17) is 9.15 Å². The number of ether oxygens (including phenoxy) is 1. The number of aromatic amines is 1. The van der Waals surface area contributed by atoms with E-state index >= 15 is 0 Å². The number of nitrogens with zero attached hydrogens (tertiary/aromatic N) is 3. The predicted octanol–water partition coefficient (Wildman–Crippen LogP) is 2.97. The maximum Gasteiger partial charge on any atom is 0.328 e. The van der Waals surface area contributed by atoms with Crippen LogP contribution in [0.5, 0.6) is 0 Å². The van der Waals surface area contributed by atoms with Gasteiger partial charge in [0.2, 0.25) is 17.5 Å². The number of oxazole rings is 1. The quantitative estimate of drug-likeness (QED) is 0.364. The number of esters is 1. The zero-order valence-corrected chi connectivity index (χ0v) is 20.7. The van der Waals surface area contributed by atoms with Gasteiger partial charge < -0.3 is 24.8 Å². The summed E-state index contributed by atoms with van der Waals surface area (Å²) in [6.07, 6.45) is 3.66. The van der Waals surface area contributed by atoms with E-state index in [1.807, 2.05) is 20.8 Å². The first-order chi connectivity index (χ1) is 17.3. The van der Waals surface area contributed by atoms with Crippen LogP contribution in [0.25, 0.3) is 22.8 Å². The SMILES string of the molecule is CCOC(=O)C(NC(=O)c1nnc(-c2cccc(-c3ncc(C(=O)NC(C)C4CC4)o3)c2)[nH]1)C(C)C. The summed E-state index contributed by atoms with van der Waals surface area (Å²) in [5.74, 6) is -0.268. The highest BCUT2D eigenvalue weighted by atomic mass is 16.5. The molecule has 1 saturated carbocycles. The Balaban J connectivity index is 1.46. The van der Waals surface area contributed by atoms with Crippen molar-refractivity contribution in [3.8, 4) is 22.8 Å². The summed E-state index contributed by atoms with van der Waals surface area (Å²) >= 11 is 0. The van der Waals surface area contributed by atoms with Gasteiger partial charge in [0.25, 0.3) is 11.8 Å². The van der Waals surface area contributed by atoms with Crippen molar-refractivity contribution in [2.75, 3.05) is 6.61 Å². The Labute approximate surface area is 208 Å². The smallest absolute Gasteiger partial charge is 0.328 e. The Morgan fingerprint density at radius 2 is 1.86 bits per heavy atom. The topological polar surface area (TPSA) is 152 Å². The summed E-state index contributed by atoms with van der Waals surface area (Å²) in [4.78, 5) is 44.4. The zero-order chi connectivity index (χ0) is 25.8. The number of carbonyl (C=O) groups is 3. The molecule has 2 atom stereocenters. The van der Waals surface area contributed by atoms with Crippen molar-refractivity contribution in [1.29, 1.82) is 0 Å². The fourth-order valence-corrected chi connectivity index (χ4v) is 3.74. The van der Waals surface area contributed by atoms with E-state index in [0.29, 0.717) is 22.9 Å². The van der Waals surface area contributed by atoms with Crippen molar-refractivity contribution >= 4 is 17.8 Å². The molecule has 2 heterocycles. The van der Waals surface area contributed by atoms with Gasteiger partial charge >= 0.3 is 5.97 Å². The number of carbonyl (C=O) groups excluding carboxylic acids is 3. The van der Waals surface area contributed by atoms with Gasteiger partial charge in [0.15, 0.2) is 5.82 Å². The zero-order valence-electron chi connectivity index (χ0n) is 20.7. The third-order valence-electron chi connectivity index (χ3n) is 6.00. The van der Waals surface area contributed by atoms with Crippen molar-refractivity contribution in [2.24, 2.45) is 11.8 Å². The van der Waals surface area contributed by atoms with Crippen LogP contribution in [0.3, 0.4) is 0 Å². The lowest BCUT2D eigenvalue weighted by Gasteiger charge is -2.19. The maximum absolute atomic E-state index is 12.7. The monoisotopic (exact) mass is 494 g/mol. The summed E-state index contributed by atoms with van der Waals surface area (Å²) in [6.45, 7) is 7.53. The molecule has 0 spiro atoms. The van der Waals surface area contributed by atoms with Gasteiger partial charge in [-0.25, -0.2) is 9.78 Å². The van der Waals surface area contributed by atoms with Gasteiger partial charge in [0.1, 0.15) is 6.04 Å². The molecule has 3 N–H and O–H groups in total. The Morgan fingerprint density at radius 3 is 2.56 bits per heavy atom. The molecule has 0 saturated heterocycles. The van der Waals surface area contributed by atoms with Gasteiger partial charge in [-0.2, -0.15) is 0 Å². The molecule has 1 fully saturated rings. The van der Waals surface area contributed by atoms with E-state index in [0.717, 1.165) is 12.8 Å². The van der Waals surface area contributed by atoms with E-state index < -0.39 is 17.9 Å². The molecule has 2 amide bonds. The van der Waals surface area contributed by atoms with E-state index in [1.165, 1.54) is 6.20 Å². The van der Waals surface area contributed by atoms with Crippen LogP contribution in [-0.2, 0) is 9.53 Å². The van der Waals surface area contributed by atoms with Gasteiger partial charge in [-0.3, -0.25) is 9.59 Å². The fourth-order valence-electron chi connectivity index (χ4n) is 3.74. The maximum atomic E-state index is 12.7. The number of rotatable bonds is 10. The van der Waals surface area contributed by atoms with E-state index in [2.05, 4.69) is 30.8 Å². The number of benzene rings is 1. The Bertz CT molecular complexity index is 1250. The highest BCUT2D eigenvalue weighted by molar-refractivity contribution is 5.94. The molecule has 190 valence electrons. The minimum Gasteiger partial charge on any atom is -0.464 e. The number of H-pyrrole nitrogens is 1. The molecule has 2 aromatic heterocycles. The Kier molecular flexibility index (Phi) is 7.47. The number of nitrogens with one attached hydrogen (secondary N) is 3. The average molecular weight is 495 g/mol. The van der Waals surface area contributed by atoms with E-state index in [1.54, 1.807) is 31.2 Å². The van der Waals surface area contributed by atoms with Crippen LogP contribution in [0.15, 0.2) is 34.9 Å². The van der Waals surface area contributed by atoms with Crippen LogP contribution in [0, 0.1) is 11.8 Å². The molecule has 36 heavy (non-hydrogen) atoms. The second-order valence-corrected chi connectivity index (χ2v) is 9.18. The minimum absolute atomic E-state index is 0.0368. The van der Waals surface area contributed by atoms with Crippen molar-refractivity contribution < 1.29 is 23.5 Å². The highest BCUT2D eigenvalue weighted by Gasteiger charge is 2.30. The molecule has 4 rings (SSSR count). The summed E-state index contributed by atoms with van der Waals surface area (Å²) in [7, 11) is 0.